The number of aliphatic hydroxyl groups is 1. The highest BCUT2D eigenvalue weighted by molar-refractivity contribution is 5.13. The third kappa shape index (κ3) is 6.90. The summed E-state index contributed by atoms with van der Waals surface area (Å²) in [5, 5.41) is 8.92. The standard InChI is InChI=1S/C13H24O/c1-11(2)6-8-13(4,5)9-7-12(3)10-14/h6,8,12,14H,1,7,9-10H2,2-5H3/b8-6+/t12-/m1/s1. The average molecular weight is 196 g/mol. The Balaban J connectivity index is 4.00. The number of allylic oxidation sites excluding steroid dienone is 3. The molecule has 0 aliphatic carbocycles. The molecular formula is C13H24O. The van der Waals surface area contributed by atoms with Gasteiger partial charge in [-0.3, -0.25) is 0 Å². The molecule has 0 saturated carbocycles. The normalized spacial score (nSPS) is 14.6. The van der Waals surface area contributed by atoms with Crippen LogP contribution in [0.4, 0.5) is 0 Å². The second kappa shape index (κ2) is 6.02. The maximum Gasteiger partial charge on any atom is 0.0456 e. The summed E-state index contributed by atoms with van der Waals surface area (Å²) in [6, 6.07) is 0. The second-order valence-corrected chi connectivity index (χ2v) is 4.99. The van der Waals surface area contributed by atoms with E-state index in [-0.39, 0.29) is 5.41 Å². The Morgan fingerprint density at radius 2 is 2.07 bits per heavy atom. The molecule has 1 N–H and O–H groups in total. The predicted octanol–water partition coefficient (Wildman–Crippen LogP) is 3.55. The number of rotatable bonds is 6. The van der Waals surface area contributed by atoms with Crippen LogP contribution in [0, 0.1) is 11.3 Å². The summed E-state index contributed by atoms with van der Waals surface area (Å²) < 4.78 is 0. The summed E-state index contributed by atoms with van der Waals surface area (Å²) in [5.74, 6) is 0.410. The SMILES string of the molecule is C=C(C)/C=C/C(C)(C)CC[C@@H](C)CO. The Hall–Kier alpha value is -0.560. The van der Waals surface area contributed by atoms with Crippen molar-refractivity contribution in [2.24, 2.45) is 11.3 Å². The van der Waals surface area contributed by atoms with Crippen LogP contribution < -0.4 is 0 Å². The van der Waals surface area contributed by atoms with Gasteiger partial charge in [0.25, 0.3) is 0 Å². The first-order chi connectivity index (χ1) is 6.37. The zero-order chi connectivity index (χ0) is 11.2. The van der Waals surface area contributed by atoms with Crippen molar-refractivity contribution in [1.29, 1.82) is 0 Å². The topological polar surface area (TPSA) is 20.2 Å². The molecule has 0 aromatic heterocycles. The van der Waals surface area contributed by atoms with Gasteiger partial charge in [0, 0.05) is 6.61 Å². The van der Waals surface area contributed by atoms with Crippen molar-refractivity contribution in [3.8, 4) is 0 Å². The molecule has 0 amide bonds. The van der Waals surface area contributed by atoms with Gasteiger partial charge in [-0.2, -0.15) is 0 Å². The van der Waals surface area contributed by atoms with Gasteiger partial charge in [-0.05, 0) is 31.1 Å². The third-order valence-corrected chi connectivity index (χ3v) is 2.41. The molecule has 0 aliphatic heterocycles. The Kier molecular flexibility index (Phi) is 5.78. The maximum absolute atomic E-state index is 8.92. The van der Waals surface area contributed by atoms with E-state index in [4.69, 9.17) is 5.11 Å². The highest BCUT2D eigenvalue weighted by Gasteiger charge is 2.14. The molecule has 0 saturated heterocycles. The minimum absolute atomic E-state index is 0.211. The van der Waals surface area contributed by atoms with E-state index in [1.807, 2.05) is 6.92 Å². The van der Waals surface area contributed by atoms with E-state index in [1.165, 1.54) is 0 Å². The zero-order valence-electron chi connectivity index (χ0n) is 10.0. The third-order valence-electron chi connectivity index (χ3n) is 2.41. The summed E-state index contributed by atoms with van der Waals surface area (Å²) in [6.45, 7) is 12.7. The van der Waals surface area contributed by atoms with E-state index < -0.39 is 0 Å². The molecule has 0 aromatic rings. The molecule has 1 heteroatoms. The lowest BCUT2D eigenvalue weighted by Gasteiger charge is -2.21. The minimum atomic E-state index is 0.211. The first-order valence-electron chi connectivity index (χ1n) is 5.33. The molecular weight excluding hydrogens is 172 g/mol. The fraction of sp³-hybridized carbons (Fsp3) is 0.692. The molecule has 0 aromatic carbocycles. The van der Waals surface area contributed by atoms with Crippen molar-refractivity contribution < 1.29 is 5.11 Å². The molecule has 0 aliphatic rings. The van der Waals surface area contributed by atoms with Gasteiger partial charge >= 0.3 is 0 Å². The lowest BCUT2D eigenvalue weighted by Crippen LogP contribution is -2.11. The van der Waals surface area contributed by atoms with Crippen LogP contribution in [0.3, 0.4) is 0 Å². The van der Waals surface area contributed by atoms with E-state index >= 15 is 0 Å². The molecule has 0 heterocycles. The van der Waals surface area contributed by atoms with Gasteiger partial charge in [-0.25, -0.2) is 0 Å². The molecule has 0 rings (SSSR count). The molecule has 1 atom stereocenters. The minimum Gasteiger partial charge on any atom is -0.396 e. The van der Waals surface area contributed by atoms with Gasteiger partial charge in [0.1, 0.15) is 0 Å². The zero-order valence-corrected chi connectivity index (χ0v) is 10.0. The van der Waals surface area contributed by atoms with Gasteiger partial charge in [0.2, 0.25) is 0 Å². The fourth-order valence-corrected chi connectivity index (χ4v) is 1.16. The summed E-state index contributed by atoms with van der Waals surface area (Å²) >= 11 is 0. The summed E-state index contributed by atoms with van der Waals surface area (Å²) in [4.78, 5) is 0. The lowest BCUT2D eigenvalue weighted by atomic mass is 9.84. The second-order valence-electron chi connectivity index (χ2n) is 4.99. The molecule has 0 spiro atoms. The van der Waals surface area contributed by atoms with Crippen LogP contribution in [0.1, 0.15) is 40.5 Å². The van der Waals surface area contributed by atoms with Crippen molar-refractivity contribution >= 4 is 0 Å². The van der Waals surface area contributed by atoms with Crippen LogP contribution in [-0.2, 0) is 0 Å². The first kappa shape index (κ1) is 13.4. The van der Waals surface area contributed by atoms with E-state index in [0.717, 1.165) is 18.4 Å². The quantitative estimate of drug-likeness (QED) is 0.644. The molecule has 82 valence electrons. The maximum atomic E-state index is 8.92. The Morgan fingerprint density at radius 3 is 2.50 bits per heavy atom. The van der Waals surface area contributed by atoms with Crippen molar-refractivity contribution in [1.82, 2.24) is 0 Å². The lowest BCUT2D eigenvalue weighted by molar-refractivity contribution is 0.217. The van der Waals surface area contributed by atoms with Gasteiger partial charge in [-0.15, -0.1) is 0 Å². The van der Waals surface area contributed by atoms with Crippen molar-refractivity contribution in [2.75, 3.05) is 6.61 Å². The van der Waals surface area contributed by atoms with Crippen molar-refractivity contribution in [3.63, 3.8) is 0 Å². The Labute approximate surface area is 88.5 Å². The van der Waals surface area contributed by atoms with Gasteiger partial charge in [0.05, 0.1) is 0 Å². The van der Waals surface area contributed by atoms with Gasteiger partial charge in [-0.1, -0.05) is 45.1 Å². The van der Waals surface area contributed by atoms with Crippen molar-refractivity contribution in [3.05, 3.63) is 24.3 Å². The molecule has 0 bridgehead atoms. The summed E-state index contributed by atoms with van der Waals surface area (Å²) in [7, 11) is 0. The van der Waals surface area contributed by atoms with Crippen LogP contribution in [0.2, 0.25) is 0 Å². The predicted molar refractivity (Wildman–Crippen MR) is 63.2 cm³/mol. The molecule has 0 radical (unpaired) electrons. The van der Waals surface area contributed by atoms with E-state index in [0.29, 0.717) is 12.5 Å². The van der Waals surface area contributed by atoms with Crippen molar-refractivity contribution in [2.45, 2.75) is 40.5 Å². The van der Waals surface area contributed by atoms with E-state index in [9.17, 15) is 0 Å². The molecule has 0 unspecified atom stereocenters. The smallest absolute Gasteiger partial charge is 0.0456 e. The Morgan fingerprint density at radius 1 is 1.50 bits per heavy atom. The number of hydrogen-bond acceptors (Lipinski definition) is 1. The van der Waals surface area contributed by atoms with Crippen LogP contribution in [-0.4, -0.2) is 11.7 Å². The summed E-state index contributed by atoms with van der Waals surface area (Å²) in [6.07, 6.45) is 6.46. The fourth-order valence-electron chi connectivity index (χ4n) is 1.16. The first-order valence-corrected chi connectivity index (χ1v) is 5.33. The molecule has 1 nitrogen and oxygen atoms in total. The van der Waals surface area contributed by atoms with Crippen LogP contribution in [0.15, 0.2) is 24.3 Å². The van der Waals surface area contributed by atoms with Crippen LogP contribution in [0.25, 0.3) is 0 Å². The van der Waals surface area contributed by atoms with Crippen LogP contribution in [0.5, 0.6) is 0 Å². The highest BCUT2D eigenvalue weighted by atomic mass is 16.3. The van der Waals surface area contributed by atoms with Crippen LogP contribution >= 0.6 is 0 Å². The molecule has 0 fully saturated rings. The largest absolute Gasteiger partial charge is 0.396 e. The summed E-state index contributed by atoms with van der Waals surface area (Å²) in [5.41, 5.74) is 1.30. The van der Waals surface area contributed by atoms with E-state index in [2.05, 4.69) is 39.5 Å². The molecule has 14 heavy (non-hydrogen) atoms. The van der Waals surface area contributed by atoms with Gasteiger partial charge < -0.3 is 5.11 Å². The Bertz CT molecular complexity index is 201. The average Bonchev–Trinajstić information content (AvgIpc) is 2.11. The highest BCUT2D eigenvalue weighted by Crippen LogP contribution is 2.26. The monoisotopic (exact) mass is 196 g/mol. The number of hydrogen-bond donors (Lipinski definition) is 1. The van der Waals surface area contributed by atoms with Gasteiger partial charge in [0.15, 0.2) is 0 Å². The van der Waals surface area contributed by atoms with E-state index in [1.54, 1.807) is 0 Å². The number of aliphatic hydroxyl groups excluding tert-OH is 1.